The molecule has 2 N–H and O–H groups in total. The van der Waals surface area contributed by atoms with Crippen molar-refractivity contribution in [2.75, 3.05) is 7.05 Å². The van der Waals surface area contributed by atoms with Gasteiger partial charge >= 0.3 is 0 Å². The minimum absolute atomic E-state index is 0.389. The summed E-state index contributed by atoms with van der Waals surface area (Å²) < 4.78 is 0. The smallest absolute Gasteiger partial charge is 0.118 e. The van der Waals surface area contributed by atoms with Crippen molar-refractivity contribution in [1.82, 2.24) is 5.32 Å². The summed E-state index contributed by atoms with van der Waals surface area (Å²) in [6.07, 6.45) is 0.864. The fourth-order valence-corrected chi connectivity index (χ4v) is 1.12. The average Bonchev–Trinajstić information content (AvgIpc) is 2.09. The van der Waals surface area contributed by atoms with Crippen LogP contribution >= 0.6 is 0 Å². The number of hydrogen-bond donors (Lipinski definition) is 2. The number of hydrogen-bond acceptors (Lipinski definition) is 2. The highest BCUT2D eigenvalue weighted by molar-refractivity contribution is 5.32. The van der Waals surface area contributed by atoms with E-state index in [1.54, 1.807) is 6.07 Å². The molecule has 0 heterocycles. The van der Waals surface area contributed by atoms with Gasteiger partial charge in [0, 0.05) is 6.04 Å². The third kappa shape index (κ3) is 2.24. The number of phenolic OH excluding ortho intramolecular Hbond substituents is 1. The molecule has 0 aliphatic heterocycles. The summed E-state index contributed by atoms with van der Waals surface area (Å²) in [4.78, 5) is 0. The molecule has 0 amide bonds. The number of rotatable bonds is 3. The first-order chi connectivity index (χ1) is 5.74. The maximum atomic E-state index is 9.43. The maximum absolute atomic E-state index is 9.43. The molecule has 2 heteroatoms. The quantitative estimate of drug-likeness (QED) is 0.712. The van der Waals surface area contributed by atoms with Crippen molar-refractivity contribution in [3.63, 3.8) is 0 Å². The fourth-order valence-electron chi connectivity index (χ4n) is 1.12. The van der Waals surface area contributed by atoms with Gasteiger partial charge in [0.2, 0.25) is 0 Å². The Kier molecular flexibility index (Phi) is 3.11. The molecule has 0 spiro atoms. The normalized spacial score (nSPS) is 12.8. The van der Waals surface area contributed by atoms with Gasteiger partial charge in [-0.1, -0.05) is 18.2 Å². The second-order valence-corrected chi connectivity index (χ2v) is 3.02. The zero-order chi connectivity index (χ0) is 8.97. The van der Waals surface area contributed by atoms with Gasteiger partial charge in [-0.05, 0) is 32.0 Å². The lowest BCUT2D eigenvalue weighted by atomic mass is 10.1. The lowest BCUT2D eigenvalue weighted by molar-refractivity contribution is 0.462. The van der Waals surface area contributed by atoms with E-state index < -0.39 is 0 Å². The number of phenols is 1. The van der Waals surface area contributed by atoms with Crippen LogP contribution in [0, 0.1) is 0 Å². The van der Waals surface area contributed by atoms with Gasteiger partial charge in [0.05, 0.1) is 0 Å². The Hall–Kier alpha value is -1.02. The highest BCUT2D eigenvalue weighted by Gasteiger charge is 2.03. The molecule has 0 aliphatic carbocycles. The first-order valence-electron chi connectivity index (χ1n) is 4.18. The van der Waals surface area contributed by atoms with E-state index in [9.17, 15) is 5.11 Å². The van der Waals surface area contributed by atoms with E-state index in [1.807, 2.05) is 25.2 Å². The number of para-hydroxylation sites is 1. The van der Waals surface area contributed by atoms with E-state index in [-0.39, 0.29) is 0 Å². The zero-order valence-corrected chi connectivity index (χ0v) is 7.54. The average molecular weight is 165 g/mol. The molecule has 1 atom stereocenters. The Morgan fingerprint density at radius 3 is 2.67 bits per heavy atom. The Morgan fingerprint density at radius 1 is 1.42 bits per heavy atom. The standard InChI is InChI=1S/C10H15NO/c1-8(11-2)7-9-5-3-4-6-10(9)12/h3-6,8,11-12H,7H2,1-2H3/t8-/m0/s1. The summed E-state index contributed by atoms with van der Waals surface area (Å²) in [6.45, 7) is 2.09. The molecule has 0 saturated carbocycles. The minimum atomic E-state index is 0.389. The fraction of sp³-hybridized carbons (Fsp3) is 0.400. The van der Waals surface area contributed by atoms with Crippen molar-refractivity contribution in [2.45, 2.75) is 19.4 Å². The van der Waals surface area contributed by atoms with Crippen LogP contribution in [0.4, 0.5) is 0 Å². The SMILES string of the molecule is CN[C@@H](C)Cc1ccccc1O. The van der Waals surface area contributed by atoms with Crippen LogP contribution in [0.25, 0.3) is 0 Å². The van der Waals surface area contributed by atoms with Gasteiger partial charge in [-0.3, -0.25) is 0 Å². The van der Waals surface area contributed by atoms with Crippen LogP contribution in [0.2, 0.25) is 0 Å². The first-order valence-corrected chi connectivity index (χ1v) is 4.18. The first kappa shape index (κ1) is 9.07. The van der Waals surface area contributed by atoms with Crippen LogP contribution in [0.1, 0.15) is 12.5 Å². The molecule has 1 aromatic carbocycles. The molecule has 0 saturated heterocycles. The molecule has 1 rings (SSSR count). The predicted octanol–water partition coefficient (Wildman–Crippen LogP) is 1.54. The van der Waals surface area contributed by atoms with E-state index in [0.717, 1.165) is 12.0 Å². The van der Waals surface area contributed by atoms with Gasteiger partial charge < -0.3 is 10.4 Å². The lowest BCUT2D eigenvalue weighted by Gasteiger charge is -2.10. The third-order valence-corrected chi connectivity index (χ3v) is 2.01. The second kappa shape index (κ2) is 4.12. The molecule has 0 radical (unpaired) electrons. The highest BCUT2D eigenvalue weighted by atomic mass is 16.3. The highest BCUT2D eigenvalue weighted by Crippen LogP contribution is 2.16. The number of aromatic hydroxyl groups is 1. The summed E-state index contributed by atoms with van der Waals surface area (Å²) in [7, 11) is 1.92. The monoisotopic (exact) mass is 165 g/mol. The molecule has 12 heavy (non-hydrogen) atoms. The molecular weight excluding hydrogens is 150 g/mol. The Bertz CT molecular complexity index is 247. The molecule has 1 aromatic rings. The van der Waals surface area contributed by atoms with E-state index in [0.29, 0.717) is 11.8 Å². The molecule has 66 valence electrons. The molecule has 2 nitrogen and oxygen atoms in total. The van der Waals surface area contributed by atoms with Crippen LogP contribution in [0.15, 0.2) is 24.3 Å². The van der Waals surface area contributed by atoms with E-state index >= 15 is 0 Å². The number of benzene rings is 1. The van der Waals surface area contributed by atoms with Crippen LogP contribution in [0.3, 0.4) is 0 Å². The molecule has 0 aromatic heterocycles. The lowest BCUT2D eigenvalue weighted by Crippen LogP contribution is -2.23. The van der Waals surface area contributed by atoms with Crippen LogP contribution < -0.4 is 5.32 Å². The van der Waals surface area contributed by atoms with Crippen molar-refractivity contribution < 1.29 is 5.11 Å². The van der Waals surface area contributed by atoms with Gasteiger partial charge in [0.1, 0.15) is 5.75 Å². The summed E-state index contributed by atoms with van der Waals surface area (Å²) in [5.41, 5.74) is 0.999. The Morgan fingerprint density at radius 2 is 2.08 bits per heavy atom. The van der Waals surface area contributed by atoms with E-state index in [2.05, 4.69) is 12.2 Å². The van der Waals surface area contributed by atoms with Gasteiger partial charge in [0.25, 0.3) is 0 Å². The zero-order valence-electron chi connectivity index (χ0n) is 7.54. The van der Waals surface area contributed by atoms with Gasteiger partial charge in [-0.15, -0.1) is 0 Å². The minimum Gasteiger partial charge on any atom is -0.508 e. The number of nitrogens with one attached hydrogen (secondary N) is 1. The van der Waals surface area contributed by atoms with E-state index in [4.69, 9.17) is 0 Å². The maximum Gasteiger partial charge on any atom is 0.118 e. The molecule has 0 bridgehead atoms. The largest absolute Gasteiger partial charge is 0.508 e. The van der Waals surface area contributed by atoms with Crippen molar-refractivity contribution in [3.8, 4) is 5.75 Å². The van der Waals surface area contributed by atoms with Crippen LogP contribution in [-0.4, -0.2) is 18.2 Å². The van der Waals surface area contributed by atoms with E-state index in [1.165, 1.54) is 0 Å². The summed E-state index contributed by atoms with van der Waals surface area (Å²) >= 11 is 0. The second-order valence-electron chi connectivity index (χ2n) is 3.02. The van der Waals surface area contributed by atoms with Crippen molar-refractivity contribution in [2.24, 2.45) is 0 Å². The molecule has 0 aliphatic rings. The third-order valence-electron chi connectivity index (χ3n) is 2.01. The van der Waals surface area contributed by atoms with Gasteiger partial charge in [-0.2, -0.15) is 0 Å². The van der Waals surface area contributed by atoms with Crippen LogP contribution in [0.5, 0.6) is 5.75 Å². The summed E-state index contributed by atoms with van der Waals surface area (Å²) in [5, 5.41) is 12.6. The van der Waals surface area contributed by atoms with Crippen molar-refractivity contribution in [1.29, 1.82) is 0 Å². The molecule has 0 fully saturated rings. The van der Waals surface area contributed by atoms with Crippen molar-refractivity contribution in [3.05, 3.63) is 29.8 Å². The number of likely N-dealkylation sites (N-methyl/N-ethyl adjacent to an activating group) is 1. The summed E-state index contributed by atoms with van der Waals surface area (Å²) in [5.74, 6) is 0.389. The van der Waals surface area contributed by atoms with Gasteiger partial charge in [-0.25, -0.2) is 0 Å². The topological polar surface area (TPSA) is 32.3 Å². The summed E-state index contributed by atoms with van der Waals surface area (Å²) in [6, 6.07) is 7.85. The molecular formula is C10H15NO. The van der Waals surface area contributed by atoms with Crippen molar-refractivity contribution >= 4 is 0 Å². The Labute approximate surface area is 73.2 Å². The Balaban J connectivity index is 2.69. The predicted molar refractivity (Wildman–Crippen MR) is 50.3 cm³/mol. The van der Waals surface area contributed by atoms with Crippen LogP contribution in [-0.2, 0) is 6.42 Å². The molecule has 0 unspecified atom stereocenters. The van der Waals surface area contributed by atoms with Gasteiger partial charge in [0.15, 0.2) is 0 Å².